The van der Waals surface area contributed by atoms with Crippen molar-refractivity contribution in [1.82, 2.24) is 15.1 Å². The molecule has 1 aromatic carbocycles. The number of hydrogen-bond acceptors (Lipinski definition) is 5. The Morgan fingerprint density at radius 1 is 1.13 bits per heavy atom. The number of nitrogens with one attached hydrogen (secondary N) is 1. The molecule has 0 radical (unpaired) electrons. The second kappa shape index (κ2) is 8.73. The van der Waals surface area contributed by atoms with E-state index < -0.39 is 0 Å². The maximum absolute atomic E-state index is 5.52. The summed E-state index contributed by atoms with van der Waals surface area (Å²) in [6.45, 7) is 7.91. The number of nitrogens with zero attached hydrogens (tertiary/aromatic N) is 2. The minimum Gasteiger partial charge on any atom is -0.497 e. The number of ether oxygens (including phenoxy) is 2. The average Bonchev–Trinajstić information content (AvgIpc) is 3.04. The summed E-state index contributed by atoms with van der Waals surface area (Å²) in [5, 5.41) is 3.43. The lowest BCUT2D eigenvalue weighted by Crippen LogP contribution is -2.49. The summed E-state index contributed by atoms with van der Waals surface area (Å²) in [4.78, 5) is 5.18. The number of rotatable bonds is 5. The molecule has 5 nitrogen and oxygen atoms in total. The number of methoxy groups -OCH3 is 2. The Morgan fingerprint density at radius 2 is 1.91 bits per heavy atom. The van der Waals surface area contributed by atoms with Crippen LogP contribution in [0.4, 0.5) is 0 Å². The zero-order valence-corrected chi connectivity index (χ0v) is 14.9. The first kappa shape index (κ1) is 18.3. The maximum Gasteiger partial charge on any atom is 0.127 e. The Morgan fingerprint density at radius 3 is 2.61 bits per heavy atom. The van der Waals surface area contributed by atoms with Gasteiger partial charge in [-0.15, -0.1) is 12.4 Å². The number of piperazine rings is 1. The van der Waals surface area contributed by atoms with Crippen molar-refractivity contribution in [3.8, 4) is 11.5 Å². The molecule has 130 valence electrons. The van der Waals surface area contributed by atoms with Gasteiger partial charge in [0.25, 0.3) is 0 Å². The molecule has 2 heterocycles. The van der Waals surface area contributed by atoms with E-state index in [4.69, 9.17) is 9.47 Å². The van der Waals surface area contributed by atoms with Gasteiger partial charge in [0, 0.05) is 63.5 Å². The van der Waals surface area contributed by atoms with Crippen molar-refractivity contribution in [2.75, 3.05) is 53.5 Å². The zero-order valence-electron chi connectivity index (χ0n) is 14.1. The van der Waals surface area contributed by atoms with Crippen molar-refractivity contribution in [1.29, 1.82) is 0 Å². The molecule has 1 aromatic rings. The molecule has 1 atom stereocenters. The Hall–Kier alpha value is -1.01. The van der Waals surface area contributed by atoms with Crippen molar-refractivity contribution in [2.24, 2.45) is 0 Å². The first-order chi connectivity index (χ1) is 10.8. The highest BCUT2D eigenvalue weighted by atomic mass is 35.5. The van der Waals surface area contributed by atoms with Gasteiger partial charge in [0.05, 0.1) is 14.2 Å². The minimum absolute atomic E-state index is 0. The van der Waals surface area contributed by atoms with Gasteiger partial charge < -0.3 is 14.8 Å². The Balaban J connectivity index is 0.00000192. The van der Waals surface area contributed by atoms with E-state index in [1.807, 2.05) is 12.1 Å². The lowest BCUT2D eigenvalue weighted by Gasteiger charge is -2.32. The molecule has 1 N–H and O–H groups in total. The number of hydrogen-bond donors (Lipinski definition) is 1. The molecular formula is C17H28ClN3O2. The summed E-state index contributed by atoms with van der Waals surface area (Å²) in [5.41, 5.74) is 1.24. The fourth-order valence-electron chi connectivity index (χ4n) is 3.52. The Bertz CT molecular complexity index is 495. The van der Waals surface area contributed by atoms with Crippen LogP contribution in [0.15, 0.2) is 18.2 Å². The molecule has 3 rings (SSSR count). The quantitative estimate of drug-likeness (QED) is 0.880. The second-order valence-corrected chi connectivity index (χ2v) is 6.14. The van der Waals surface area contributed by atoms with Crippen LogP contribution in [0.1, 0.15) is 12.0 Å². The molecule has 2 saturated heterocycles. The van der Waals surface area contributed by atoms with Crippen molar-refractivity contribution < 1.29 is 9.47 Å². The summed E-state index contributed by atoms with van der Waals surface area (Å²) in [5.74, 6) is 1.77. The number of halogens is 1. The van der Waals surface area contributed by atoms with Crippen LogP contribution < -0.4 is 14.8 Å². The average molecular weight is 342 g/mol. The SMILES string of the molecule is COc1ccc(CN2CCC(N3CCNCC3)C2)c(OC)c1.Cl. The summed E-state index contributed by atoms with van der Waals surface area (Å²) >= 11 is 0. The van der Waals surface area contributed by atoms with Crippen LogP contribution >= 0.6 is 12.4 Å². The van der Waals surface area contributed by atoms with Gasteiger partial charge in [0.2, 0.25) is 0 Å². The topological polar surface area (TPSA) is 37.0 Å². The van der Waals surface area contributed by atoms with Crippen molar-refractivity contribution >= 4 is 12.4 Å². The smallest absolute Gasteiger partial charge is 0.127 e. The van der Waals surface area contributed by atoms with Crippen molar-refractivity contribution in [2.45, 2.75) is 19.0 Å². The molecule has 0 spiro atoms. The van der Waals surface area contributed by atoms with E-state index in [1.165, 1.54) is 31.6 Å². The first-order valence-corrected chi connectivity index (χ1v) is 8.18. The fourth-order valence-corrected chi connectivity index (χ4v) is 3.52. The lowest BCUT2D eigenvalue weighted by molar-refractivity contribution is 0.170. The highest BCUT2D eigenvalue weighted by Crippen LogP contribution is 2.27. The van der Waals surface area contributed by atoms with Gasteiger partial charge >= 0.3 is 0 Å². The predicted octanol–water partition coefficient (Wildman–Crippen LogP) is 1.61. The number of benzene rings is 1. The molecule has 1 unspecified atom stereocenters. The van der Waals surface area contributed by atoms with E-state index in [9.17, 15) is 0 Å². The van der Waals surface area contributed by atoms with Gasteiger partial charge in [0.15, 0.2) is 0 Å². The normalized spacial score (nSPS) is 22.6. The van der Waals surface area contributed by atoms with Crippen LogP contribution in [0, 0.1) is 0 Å². The van der Waals surface area contributed by atoms with E-state index in [0.29, 0.717) is 6.04 Å². The Kier molecular flexibility index (Phi) is 6.96. The summed E-state index contributed by atoms with van der Waals surface area (Å²) in [6.07, 6.45) is 1.28. The monoisotopic (exact) mass is 341 g/mol. The van der Waals surface area contributed by atoms with E-state index in [-0.39, 0.29) is 12.4 Å². The molecule has 0 aliphatic carbocycles. The largest absolute Gasteiger partial charge is 0.497 e. The second-order valence-electron chi connectivity index (χ2n) is 6.14. The molecule has 2 fully saturated rings. The fraction of sp³-hybridized carbons (Fsp3) is 0.647. The third kappa shape index (κ3) is 4.51. The molecule has 2 aliphatic rings. The summed E-state index contributed by atoms with van der Waals surface area (Å²) in [7, 11) is 3.42. The highest BCUT2D eigenvalue weighted by molar-refractivity contribution is 5.85. The first-order valence-electron chi connectivity index (χ1n) is 8.18. The van der Waals surface area contributed by atoms with Crippen molar-refractivity contribution in [3.63, 3.8) is 0 Å². The van der Waals surface area contributed by atoms with Crippen LogP contribution in [0.3, 0.4) is 0 Å². The van der Waals surface area contributed by atoms with Gasteiger partial charge in [0.1, 0.15) is 11.5 Å². The standard InChI is InChI=1S/C17H27N3O2.ClH/c1-21-16-4-3-14(17(11-16)22-2)12-19-8-5-15(13-19)20-9-6-18-7-10-20;/h3-4,11,15,18H,5-10,12-13H2,1-2H3;1H. The van der Waals surface area contributed by atoms with Crippen LogP contribution in [-0.4, -0.2) is 69.3 Å². The molecular weight excluding hydrogens is 314 g/mol. The van der Waals surface area contributed by atoms with E-state index in [2.05, 4.69) is 21.2 Å². The highest BCUT2D eigenvalue weighted by Gasteiger charge is 2.28. The zero-order chi connectivity index (χ0) is 15.4. The predicted molar refractivity (Wildman–Crippen MR) is 94.9 cm³/mol. The molecule has 6 heteroatoms. The van der Waals surface area contributed by atoms with Crippen LogP contribution in [0.2, 0.25) is 0 Å². The van der Waals surface area contributed by atoms with Crippen LogP contribution in [0.5, 0.6) is 11.5 Å². The Labute approximate surface area is 145 Å². The molecule has 2 aliphatic heterocycles. The summed E-state index contributed by atoms with van der Waals surface area (Å²) < 4.78 is 10.8. The van der Waals surface area contributed by atoms with Gasteiger partial charge in [-0.05, 0) is 12.5 Å². The van der Waals surface area contributed by atoms with Crippen LogP contribution in [-0.2, 0) is 6.54 Å². The third-order valence-corrected chi connectivity index (χ3v) is 4.80. The van der Waals surface area contributed by atoms with Crippen molar-refractivity contribution in [3.05, 3.63) is 23.8 Å². The molecule has 23 heavy (non-hydrogen) atoms. The van der Waals surface area contributed by atoms with E-state index in [1.54, 1.807) is 14.2 Å². The van der Waals surface area contributed by atoms with Gasteiger partial charge in [-0.25, -0.2) is 0 Å². The maximum atomic E-state index is 5.52. The van der Waals surface area contributed by atoms with Gasteiger partial charge in [-0.1, -0.05) is 6.07 Å². The van der Waals surface area contributed by atoms with E-state index in [0.717, 1.165) is 37.7 Å². The molecule has 0 saturated carbocycles. The molecule has 0 bridgehead atoms. The van der Waals surface area contributed by atoms with Gasteiger partial charge in [-0.2, -0.15) is 0 Å². The van der Waals surface area contributed by atoms with Crippen LogP contribution in [0.25, 0.3) is 0 Å². The molecule has 0 amide bonds. The molecule has 0 aromatic heterocycles. The lowest BCUT2D eigenvalue weighted by atomic mass is 10.1. The van der Waals surface area contributed by atoms with E-state index >= 15 is 0 Å². The third-order valence-electron chi connectivity index (χ3n) is 4.80. The minimum atomic E-state index is 0. The summed E-state index contributed by atoms with van der Waals surface area (Å²) in [6, 6.07) is 6.82. The van der Waals surface area contributed by atoms with Gasteiger partial charge in [-0.3, -0.25) is 9.80 Å². The number of likely N-dealkylation sites (tertiary alicyclic amines) is 1.